The molecule has 4 rings (SSSR count). The van der Waals surface area contributed by atoms with Gasteiger partial charge < -0.3 is 10.2 Å². The lowest BCUT2D eigenvalue weighted by Gasteiger charge is -2.21. The standard InChI is InChI=1S/C25H26ClN3O/c1-18-10-11-19(16-22(18)21-8-4-5-9-23(21)26)25(30)28-20-12-13-24(27-17-20)29-14-6-2-3-7-15-29/h4-5,8-13,16-17H,2-3,6-7,14-15H2,1H3,(H,28,30). The zero-order chi connectivity index (χ0) is 20.9. The number of rotatable bonds is 4. The van der Waals surface area contributed by atoms with E-state index in [2.05, 4.69) is 15.2 Å². The van der Waals surface area contributed by atoms with Gasteiger partial charge in [0, 0.05) is 29.2 Å². The Balaban J connectivity index is 1.50. The fraction of sp³-hybridized carbons (Fsp3) is 0.280. The molecule has 4 nitrogen and oxygen atoms in total. The lowest BCUT2D eigenvalue weighted by atomic mass is 9.98. The Morgan fingerprint density at radius 2 is 1.73 bits per heavy atom. The maximum absolute atomic E-state index is 12.8. The Morgan fingerprint density at radius 1 is 0.967 bits per heavy atom. The third kappa shape index (κ3) is 4.65. The Bertz CT molecular complexity index is 1020. The van der Waals surface area contributed by atoms with Crippen LogP contribution in [0.1, 0.15) is 41.6 Å². The maximum Gasteiger partial charge on any atom is 0.255 e. The first-order valence-corrected chi connectivity index (χ1v) is 10.9. The Hall–Kier alpha value is -2.85. The Kier molecular flexibility index (Phi) is 6.34. The molecule has 0 radical (unpaired) electrons. The molecule has 0 saturated carbocycles. The summed E-state index contributed by atoms with van der Waals surface area (Å²) < 4.78 is 0. The summed E-state index contributed by atoms with van der Waals surface area (Å²) in [6.07, 6.45) is 6.73. The molecule has 154 valence electrons. The minimum Gasteiger partial charge on any atom is -0.357 e. The van der Waals surface area contributed by atoms with Gasteiger partial charge in [0.05, 0.1) is 11.9 Å². The van der Waals surface area contributed by atoms with Crippen molar-refractivity contribution < 1.29 is 4.79 Å². The Labute approximate surface area is 182 Å². The first kappa shape index (κ1) is 20.4. The van der Waals surface area contributed by atoms with Crippen molar-refractivity contribution in [1.29, 1.82) is 0 Å². The minimum atomic E-state index is -0.160. The molecule has 1 aromatic heterocycles. The number of hydrogen-bond donors (Lipinski definition) is 1. The number of aryl methyl sites for hydroxylation is 1. The van der Waals surface area contributed by atoms with E-state index in [4.69, 9.17) is 11.6 Å². The topological polar surface area (TPSA) is 45.2 Å². The highest BCUT2D eigenvalue weighted by Crippen LogP contribution is 2.31. The van der Waals surface area contributed by atoms with Gasteiger partial charge in [-0.1, -0.05) is 48.7 Å². The van der Waals surface area contributed by atoms with Gasteiger partial charge in [0.15, 0.2) is 0 Å². The van der Waals surface area contributed by atoms with Gasteiger partial charge in [0.25, 0.3) is 5.91 Å². The molecule has 2 heterocycles. The lowest BCUT2D eigenvalue weighted by Crippen LogP contribution is -2.24. The van der Waals surface area contributed by atoms with Gasteiger partial charge in [0.1, 0.15) is 5.82 Å². The molecule has 5 heteroatoms. The fourth-order valence-corrected chi connectivity index (χ4v) is 4.12. The number of halogens is 1. The van der Waals surface area contributed by atoms with Crippen molar-refractivity contribution in [2.75, 3.05) is 23.3 Å². The lowest BCUT2D eigenvalue weighted by molar-refractivity contribution is 0.102. The molecule has 3 aromatic rings. The molecular formula is C25H26ClN3O. The highest BCUT2D eigenvalue weighted by Gasteiger charge is 2.13. The van der Waals surface area contributed by atoms with Crippen LogP contribution in [0.25, 0.3) is 11.1 Å². The predicted molar refractivity (Wildman–Crippen MR) is 124 cm³/mol. The molecule has 1 N–H and O–H groups in total. The van der Waals surface area contributed by atoms with Crippen molar-refractivity contribution in [3.05, 3.63) is 76.9 Å². The van der Waals surface area contributed by atoms with Crippen LogP contribution in [0.2, 0.25) is 5.02 Å². The van der Waals surface area contributed by atoms with Crippen molar-refractivity contribution in [2.45, 2.75) is 32.6 Å². The van der Waals surface area contributed by atoms with E-state index in [0.29, 0.717) is 16.3 Å². The van der Waals surface area contributed by atoms with E-state index in [0.717, 1.165) is 35.6 Å². The zero-order valence-electron chi connectivity index (χ0n) is 17.2. The number of benzene rings is 2. The summed E-state index contributed by atoms with van der Waals surface area (Å²) in [5.74, 6) is 0.818. The summed E-state index contributed by atoms with van der Waals surface area (Å²) in [4.78, 5) is 19.7. The van der Waals surface area contributed by atoms with E-state index in [1.807, 2.05) is 61.5 Å². The van der Waals surface area contributed by atoms with Crippen molar-refractivity contribution in [3.8, 4) is 11.1 Å². The number of nitrogens with zero attached hydrogens (tertiary/aromatic N) is 2. The smallest absolute Gasteiger partial charge is 0.255 e. The number of carbonyl (C=O) groups is 1. The predicted octanol–water partition coefficient (Wildman–Crippen LogP) is 6.34. The van der Waals surface area contributed by atoms with Crippen LogP contribution >= 0.6 is 11.6 Å². The number of aromatic nitrogens is 1. The molecule has 1 saturated heterocycles. The second-order valence-electron chi connectivity index (χ2n) is 7.77. The summed E-state index contributed by atoms with van der Waals surface area (Å²) in [5.41, 5.74) is 4.24. The van der Waals surface area contributed by atoms with Crippen LogP contribution in [-0.4, -0.2) is 24.0 Å². The number of carbonyl (C=O) groups excluding carboxylic acids is 1. The van der Waals surface area contributed by atoms with Crippen LogP contribution in [0.4, 0.5) is 11.5 Å². The van der Waals surface area contributed by atoms with Gasteiger partial charge in [-0.2, -0.15) is 0 Å². The molecular weight excluding hydrogens is 394 g/mol. The number of hydrogen-bond acceptors (Lipinski definition) is 3. The fourth-order valence-electron chi connectivity index (χ4n) is 3.88. The molecule has 30 heavy (non-hydrogen) atoms. The highest BCUT2D eigenvalue weighted by atomic mass is 35.5. The average Bonchev–Trinajstić information content (AvgIpc) is 3.05. The summed E-state index contributed by atoms with van der Waals surface area (Å²) in [6, 6.07) is 17.3. The summed E-state index contributed by atoms with van der Waals surface area (Å²) in [5, 5.41) is 3.63. The highest BCUT2D eigenvalue weighted by molar-refractivity contribution is 6.33. The van der Waals surface area contributed by atoms with E-state index >= 15 is 0 Å². The summed E-state index contributed by atoms with van der Waals surface area (Å²) in [6.45, 7) is 4.12. The van der Waals surface area contributed by atoms with E-state index in [-0.39, 0.29) is 5.91 Å². The number of nitrogens with one attached hydrogen (secondary N) is 1. The van der Waals surface area contributed by atoms with Gasteiger partial charge in [-0.15, -0.1) is 0 Å². The quantitative estimate of drug-likeness (QED) is 0.536. The van der Waals surface area contributed by atoms with Crippen LogP contribution in [0.15, 0.2) is 60.8 Å². The molecule has 0 bridgehead atoms. The third-order valence-corrected chi connectivity index (χ3v) is 5.93. The van der Waals surface area contributed by atoms with Crippen LogP contribution in [0, 0.1) is 6.92 Å². The monoisotopic (exact) mass is 419 g/mol. The molecule has 0 spiro atoms. The van der Waals surface area contributed by atoms with E-state index < -0.39 is 0 Å². The molecule has 0 atom stereocenters. The molecule has 2 aromatic carbocycles. The largest absolute Gasteiger partial charge is 0.357 e. The summed E-state index contributed by atoms with van der Waals surface area (Å²) >= 11 is 6.37. The number of anilines is 2. The molecule has 0 unspecified atom stereocenters. The van der Waals surface area contributed by atoms with E-state index in [1.165, 1.54) is 25.7 Å². The van der Waals surface area contributed by atoms with Crippen LogP contribution in [0.3, 0.4) is 0 Å². The molecule has 1 aliphatic heterocycles. The van der Waals surface area contributed by atoms with Crippen molar-refractivity contribution >= 4 is 29.0 Å². The second kappa shape index (κ2) is 9.31. The summed E-state index contributed by atoms with van der Waals surface area (Å²) in [7, 11) is 0. The number of pyridine rings is 1. The molecule has 0 aliphatic carbocycles. The van der Waals surface area contributed by atoms with E-state index in [1.54, 1.807) is 6.20 Å². The first-order valence-electron chi connectivity index (χ1n) is 10.5. The van der Waals surface area contributed by atoms with Gasteiger partial charge >= 0.3 is 0 Å². The van der Waals surface area contributed by atoms with Crippen molar-refractivity contribution in [2.24, 2.45) is 0 Å². The number of amides is 1. The third-order valence-electron chi connectivity index (χ3n) is 5.60. The molecule has 1 amide bonds. The zero-order valence-corrected chi connectivity index (χ0v) is 18.0. The maximum atomic E-state index is 12.8. The van der Waals surface area contributed by atoms with Crippen LogP contribution < -0.4 is 10.2 Å². The van der Waals surface area contributed by atoms with Crippen LogP contribution in [-0.2, 0) is 0 Å². The van der Waals surface area contributed by atoms with Gasteiger partial charge in [-0.3, -0.25) is 4.79 Å². The Morgan fingerprint density at radius 3 is 2.43 bits per heavy atom. The average molecular weight is 420 g/mol. The van der Waals surface area contributed by atoms with Crippen LogP contribution in [0.5, 0.6) is 0 Å². The van der Waals surface area contributed by atoms with Crippen molar-refractivity contribution in [1.82, 2.24) is 4.98 Å². The first-order chi connectivity index (χ1) is 14.6. The second-order valence-corrected chi connectivity index (χ2v) is 8.18. The normalized spacial score (nSPS) is 14.3. The molecule has 1 aliphatic rings. The van der Waals surface area contributed by atoms with Crippen molar-refractivity contribution in [3.63, 3.8) is 0 Å². The SMILES string of the molecule is Cc1ccc(C(=O)Nc2ccc(N3CCCCCC3)nc2)cc1-c1ccccc1Cl. The minimum absolute atomic E-state index is 0.160. The van der Waals surface area contributed by atoms with Gasteiger partial charge in [-0.25, -0.2) is 4.98 Å². The molecule has 1 fully saturated rings. The van der Waals surface area contributed by atoms with E-state index in [9.17, 15) is 4.79 Å². The van der Waals surface area contributed by atoms with Gasteiger partial charge in [-0.05, 0) is 61.2 Å². The van der Waals surface area contributed by atoms with Gasteiger partial charge in [0.2, 0.25) is 0 Å².